The number of ether oxygens (including phenoxy) is 6. The number of aryl methyl sites for hydroxylation is 1. The van der Waals surface area contributed by atoms with Gasteiger partial charge in [-0.3, -0.25) is 19.2 Å². The van der Waals surface area contributed by atoms with Crippen molar-refractivity contribution < 1.29 is 66.5 Å². The maximum atomic E-state index is 13.5. The third-order valence-corrected chi connectivity index (χ3v) is 13.3. The van der Waals surface area contributed by atoms with Gasteiger partial charge in [0.15, 0.2) is 0 Å². The molecule has 0 spiro atoms. The van der Waals surface area contributed by atoms with Gasteiger partial charge in [-0.2, -0.15) is 5.26 Å². The summed E-state index contributed by atoms with van der Waals surface area (Å²) < 4.78 is 32.7. The van der Waals surface area contributed by atoms with Crippen LogP contribution in [0.1, 0.15) is 79.5 Å². The van der Waals surface area contributed by atoms with E-state index in [4.69, 9.17) is 35.3 Å². The van der Waals surface area contributed by atoms with Gasteiger partial charge in [0.2, 0.25) is 11.8 Å². The molecule has 4 aromatic rings. The van der Waals surface area contributed by atoms with Gasteiger partial charge in [0.05, 0.1) is 78.0 Å². The molecule has 4 atom stereocenters. The van der Waals surface area contributed by atoms with Crippen molar-refractivity contribution in [1.82, 2.24) is 15.5 Å². The van der Waals surface area contributed by atoms with Crippen molar-refractivity contribution in [3.63, 3.8) is 0 Å². The number of nitrogens with one attached hydrogen (secondary N) is 3. The second-order valence-electron chi connectivity index (χ2n) is 20.2. The van der Waals surface area contributed by atoms with E-state index in [2.05, 4.69) is 60.5 Å². The zero-order chi connectivity index (χ0) is 57.2. The van der Waals surface area contributed by atoms with E-state index < -0.39 is 11.3 Å². The Balaban J connectivity index is 0.00000219. The van der Waals surface area contributed by atoms with Crippen molar-refractivity contribution in [1.29, 1.82) is 5.26 Å². The minimum absolute atomic E-state index is 0. The Kier molecular flexibility index (Phi) is 29.6. The number of amides is 4. The molecule has 4 aromatic carbocycles. The summed E-state index contributed by atoms with van der Waals surface area (Å²) in [6.07, 6.45) is 2.91. The molecule has 18 heteroatoms. The Bertz CT molecular complexity index is 2620. The van der Waals surface area contributed by atoms with E-state index in [1.807, 2.05) is 111 Å². The molecule has 2 unspecified atom stereocenters. The summed E-state index contributed by atoms with van der Waals surface area (Å²) in [6.45, 7) is 26.3. The Morgan fingerprint density at radius 1 is 0.750 bits per heavy atom. The van der Waals surface area contributed by atoms with Crippen LogP contribution < -0.4 is 39.7 Å². The third-order valence-electron chi connectivity index (χ3n) is 13.0. The molecular weight excluding hydrogens is 1030 g/mol. The fourth-order valence-electron chi connectivity index (χ4n) is 9.36. The molecule has 0 bridgehead atoms. The maximum Gasteiger partial charge on any atom is 1.00 e. The van der Waals surface area contributed by atoms with Crippen LogP contribution >= 0.6 is 11.6 Å². The summed E-state index contributed by atoms with van der Waals surface area (Å²) in [4.78, 5) is 55.9. The van der Waals surface area contributed by atoms with E-state index in [1.165, 1.54) is 0 Å². The van der Waals surface area contributed by atoms with Gasteiger partial charge in [-0.1, -0.05) is 92.8 Å². The molecule has 2 aliphatic heterocycles. The van der Waals surface area contributed by atoms with Crippen LogP contribution in [0.25, 0.3) is 11.1 Å². The predicted molar refractivity (Wildman–Crippen MR) is 309 cm³/mol. The first-order valence-corrected chi connectivity index (χ1v) is 27.4. The number of carbonyl (C=O) groups is 4. The first kappa shape index (κ1) is 66.9. The first-order valence-electron chi connectivity index (χ1n) is 27.0. The van der Waals surface area contributed by atoms with Crippen LogP contribution in [-0.4, -0.2) is 140 Å². The molecule has 3 N–H and O–H groups in total. The van der Waals surface area contributed by atoms with Gasteiger partial charge in [0.25, 0.3) is 11.8 Å². The Labute approximate surface area is 491 Å². The summed E-state index contributed by atoms with van der Waals surface area (Å²) in [5.41, 5.74) is 6.95. The number of carbonyl (C=O) groups excluding carboxylic acids is 4. The van der Waals surface area contributed by atoms with Crippen LogP contribution in [0, 0.1) is 50.4 Å². The molecular formula is C62H80ClLiN6O10-2. The Hall–Kier alpha value is -5.56. The summed E-state index contributed by atoms with van der Waals surface area (Å²) >= 11 is 6.13. The average Bonchev–Trinajstić information content (AvgIpc) is 3.50. The number of nitriles is 1. The van der Waals surface area contributed by atoms with Crippen LogP contribution in [0.4, 0.5) is 11.4 Å². The number of rotatable bonds is 28. The molecule has 0 aliphatic carbocycles. The van der Waals surface area contributed by atoms with Crippen LogP contribution in [-0.2, 0) is 42.8 Å². The molecule has 428 valence electrons. The van der Waals surface area contributed by atoms with E-state index in [0.29, 0.717) is 116 Å². The van der Waals surface area contributed by atoms with Crippen LogP contribution in [0.5, 0.6) is 0 Å². The van der Waals surface area contributed by atoms with Gasteiger partial charge in [-0.05, 0) is 97.5 Å². The molecule has 0 aromatic heterocycles. The average molecular weight is 1110 g/mol. The maximum absolute atomic E-state index is 13.5. The molecule has 1 fully saturated rings. The Morgan fingerprint density at radius 2 is 1.32 bits per heavy atom. The van der Waals surface area contributed by atoms with Gasteiger partial charge < -0.3 is 74.9 Å². The molecule has 80 heavy (non-hydrogen) atoms. The molecule has 2 aliphatic rings. The number of nitrogens with zero attached hydrogens (tertiary/aromatic N) is 3. The molecule has 0 saturated carbocycles. The monoisotopic (exact) mass is 1110 g/mol. The van der Waals surface area contributed by atoms with Crippen molar-refractivity contribution in [3.8, 4) is 17.2 Å². The quantitative estimate of drug-likeness (QED) is 0.0194. The number of anilines is 2. The molecule has 2 heterocycles. The third kappa shape index (κ3) is 22.4. The van der Waals surface area contributed by atoms with Gasteiger partial charge in [-0.15, -0.1) is 5.41 Å². The second kappa shape index (κ2) is 35.3. The molecule has 16 nitrogen and oxygen atoms in total. The molecule has 4 amide bonds. The smallest absolute Gasteiger partial charge is 0.445 e. The number of fused-ring (bicyclic) bond motifs is 1. The fraction of sp³-hybridized carbons (Fsp3) is 0.452. The second-order valence-corrected chi connectivity index (χ2v) is 20.6. The van der Waals surface area contributed by atoms with E-state index in [0.717, 1.165) is 45.6 Å². The number of allylic oxidation sites excluding steroid dienone is 1. The fourth-order valence-corrected chi connectivity index (χ4v) is 9.48. The topological polar surface area (TPSA) is 190 Å². The van der Waals surface area contributed by atoms with Crippen molar-refractivity contribution in [2.75, 3.05) is 116 Å². The number of likely N-dealkylation sites (tertiary alicyclic amines) is 1. The zero-order valence-electron chi connectivity index (χ0n) is 47.7. The van der Waals surface area contributed by atoms with Crippen molar-refractivity contribution in [2.45, 2.75) is 65.5 Å². The van der Waals surface area contributed by atoms with Crippen molar-refractivity contribution in [2.24, 2.45) is 11.3 Å². The standard InChI is InChI=1S/C58H72ClN6O9.C4H8O.Li/c1-40-8-7-9-45(32-40)47-34-48(39-64(38-47)57(69)49(37-60)36-58(4,5)6)56(68)62-21-23-71-25-27-73-29-31-74-30-28-72-26-24-70-22-20-61-55(67)44-12-10-43(11-13-44)46-14-19-54-52(35-46)53(33-41(2)65(54)42(3)66)63-51-17-15-50(59)16-18-51;1-3-5-4-2;/h7-19,32,35-36,41,47-48,53,63H,4,20-31,33-34,38-39H2,1-3,5-6H3,(H,61,67)(H,62,68);1-4H2;/q-1;-2;+1/b49-36+;;/t41-,47?,48?,53+;;/m0../s1. The van der Waals surface area contributed by atoms with E-state index >= 15 is 0 Å². The van der Waals surface area contributed by atoms with Crippen LogP contribution in [0.15, 0.2) is 103 Å². The van der Waals surface area contributed by atoms with Gasteiger partial charge in [0.1, 0.15) is 11.6 Å². The number of hydrogen-bond acceptors (Lipinski definition) is 12. The number of benzene rings is 4. The summed E-state index contributed by atoms with van der Waals surface area (Å²) in [7, 11) is 0. The van der Waals surface area contributed by atoms with Gasteiger partial charge in [0, 0.05) is 67.0 Å². The molecule has 0 radical (unpaired) electrons. The normalized spacial score (nSPS) is 17.0. The van der Waals surface area contributed by atoms with Crippen LogP contribution in [0.2, 0.25) is 5.02 Å². The SMILES string of the molecule is [CH2-]C(C)(C)/C=C(\C#N)C(=O)N1CC(C(=O)NCCOCCOCCOCCOCCOCCNC(=O)c2ccc(-c3ccc4c(c3)[C@H](Nc3ccc(Cl)cc3)C[C@H](C)N4C(C)=O)cc2)CC(c2cccc(C)c2)C1.[CH2-]COC[CH2-].[Li+]. The zero-order valence-corrected chi connectivity index (χ0v) is 48.5. The summed E-state index contributed by atoms with van der Waals surface area (Å²) in [6, 6.07) is 31.4. The van der Waals surface area contributed by atoms with Gasteiger partial charge in [-0.25, -0.2) is 0 Å². The summed E-state index contributed by atoms with van der Waals surface area (Å²) in [5.74, 6) is -1.23. The minimum atomic E-state index is -0.595. The van der Waals surface area contributed by atoms with Crippen molar-refractivity contribution >= 4 is 46.6 Å². The number of halogens is 1. The predicted octanol–water partition coefficient (Wildman–Crippen LogP) is 6.16. The molecule has 6 rings (SSSR count). The number of hydrogen-bond donors (Lipinski definition) is 3. The first-order chi connectivity index (χ1) is 38.0. The molecule has 1 saturated heterocycles. The Morgan fingerprint density at radius 3 is 1.86 bits per heavy atom. The van der Waals surface area contributed by atoms with Crippen LogP contribution in [0.3, 0.4) is 0 Å². The van der Waals surface area contributed by atoms with Gasteiger partial charge >= 0.3 is 18.9 Å². The minimum Gasteiger partial charge on any atom is -0.445 e. The van der Waals surface area contributed by atoms with Crippen molar-refractivity contribution in [3.05, 3.63) is 151 Å². The van der Waals surface area contributed by atoms with E-state index in [-0.39, 0.29) is 72.6 Å². The number of piperidine rings is 1. The largest absolute Gasteiger partial charge is 1.00 e. The van der Waals surface area contributed by atoms with E-state index in [1.54, 1.807) is 17.9 Å². The summed E-state index contributed by atoms with van der Waals surface area (Å²) in [5, 5.41) is 20.0. The van der Waals surface area contributed by atoms with E-state index in [9.17, 15) is 24.4 Å².